The number of carbonyl (C=O) groups excluding carboxylic acids is 1. The van der Waals surface area contributed by atoms with Crippen molar-refractivity contribution >= 4 is 56.3 Å². The minimum Gasteiger partial charge on any atom is -0.490 e. The Labute approximate surface area is 212 Å². The Morgan fingerprint density at radius 1 is 1.18 bits per heavy atom. The van der Waals surface area contributed by atoms with Crippen LogP contribution in [0, 0.1) is 13.7 Å². The van der Waals surface area contributed by atoms with Gasteiger partial charge in [-0.2, -0.15) is 5.10 Å². The first-order chi connectivity index (χ1) is 15.9. The van der Waals surface area contributed by atoms with E-state index in [4.69, 9.17) is 9.47 Å². The molecule has 0 spiro atoms. The van der Waals surface area contributed by atoms with Gasteiger partial charge in [0.1, 0.15) is 6.61 Å². The van der Waals surface area contributed by atoms with Gasteiger partial charge >= 0.3 is 0 Å². The second-order valence-electron chi connectivity index (χ2n) is 6.65. The number of hydrogen-bond donors (Lipinski definition) is 1. The first-order valence-corrected chi connectivity index (χ1v) is 11.7. The Kier molecular flexibility index (Phi) is 8.78. The van der Waals surface area contributed by atoms with Crippen molar-refractivity contribution in [2.45, 2.75) is 13.5 Å². The van der Waals surface area contributed by atoms with E-state index in [0.29, 0.717) is 28.1 Å². The monoisotopic (exact) mass is 623 g/mol. The summed E-state index contributed by atoms with van der Waals surface area (Å²) < 4.78 is 13.2. The summed E-state index contributed by atoms with van der Waals surface area (Å²) in [5.74, 6) is 0.761. The fourth-order valence-electron chi connectivity index (χ4n) is 2.81. The molecule has 33 heavy (non-hydrogen) atoms. The maximum Gasteiger partial charge on any atom is 0.272 e. The average Bonchev–Trinajstić information content (AvgIpc) is 2.79. The number of nitro benzene ring substituents is 1. The van der Waals surface area contributed by atoms with Crippen LogP contribution in [-0.4, -0.2) is 23.7 Å². The second-order valence-corrected chi connectivity index (χ2v) is 8.67. The lowest BCUT2D eigenvalue weighted by molar-refractivity contribution is -0.384. The Morgan fingerprint density at radius 3 is 2.58 bits per heavy atom. The van der Waals surface area contributed by atoms with Crippen LogP contribution in [0.5, 0.6) is 11.5 Å². The van der Waals surface area contributed by atoms with Crippen LogP contribution in [0.4, 0.5) is 5.69 Å². The summed E-state index contributed by atoms with van der Waals surface area (Å²) in [4.78, 5) is 22.6. The van der Waals surface area contributed by atoms with E-state index in [-0.39, 0.29) is 18.2 Å². The van der Waals surface area contributed by atoms with Crippen molar-refractivity contribution in [2.75, 3.05) is 6.61 Å². The summed E-state index contributed by atoms with van der Waals surface area (Å²) in [7, 11) is 0. The number of hydrogen-bond acceptors (Lipinski definition) is 6. The minimum atomic E-state index is -0.442. The standard InChI is InChI=1S/C23H19BrIN3O5/c1-2-32-21-12-16(13-26-27-23(29)18-5-3-4-6-19(18)24)11-20(25)22(21)33-14-15-7-9-17(10-8-15)28(30)31/h3-13H,2,14H2,1H3,(H,27,29)/b26-13-. The molecule has 8 nitrogen and oxygen atoms in total. The number of halogens is 2. The zero-order valence-electron chi connectivity index (χ0n) is 17.5. The van der Waals surface area contributed by atoms with Crippen molar-refractivity contribution in [3.63, 3.8) is 0 Å². The van der Waals surface area contributed by atoms with Gasteiger partial charge in [-0.3, -0.25) is 14.9 Å². The van der Waals surface area contributed by atoms with Crippen LogP contribution >= 0.6 is 38.5 Å². The van der Waals surface area contributed by atoms with Crippen molar-refractivity contribution < 1.29 is 19.2 Å². The van der Waals surface area contributed by atoms with E-state index in [0.717, 1.165) is 14.7 Å². The highest BCUT2D eigenvalue weighted by Crippen LogP contribution is 2.34. The lowest BCUT2D eigenvalue weighted by Gasteiger charge is -2.14. The number of amides is 1. The number of hydrazone groups is 1. The van der Waals surface area contributed by atoms with E-state index in [1.165, 1.54) is 18.3 Å². The first-order valence-electron chi connectivity index (χ1n) is 9.79. The number of benzene rings is 3. The van der Waals surface area contributed by atoms with E-state index < -0.39 is 4.92 Å². The highest BCUT2D eigenvalue weighted by atomic mass is 127. The zero-order valence-corrected chi connectivity index (χ0v) is 21.2. The largest absolute Gasteiger partial charge is 0.490 e. The van der Waals surface area contributed by atoms with Crippen molar-refractivity contribution in [3.8, 4) is 11.5 Å². The van der Waals surface area contributed by atoms with Crippen molar-refractivity contribution in [2.24, 2.45) is 5.10 Å². The Morgan fingerprint density at radius 2 is 1.91 bits per heavy atom. The Balaban J connectivity index is 1.72. The Hall–Kier alpha value is -2.99. The summed E-state index contributed by atoms with van der Waals surface area (Å²) in [5.41, 5.74) is 4.53. The molecule has 1 amide bonds. The molecule has 0 atom stereocenters. The molecule has 0 bridgehead atoms. The molecule has 3 rings (SSSR count). The Bertz CT molecular complexity index is 1190. The number of carbonyl (C=O) groups is 1. The fraction of sp³-hybridized carbons (Fsp3) is 0.130. The van der Waals surface area contributed by atoms with Gasteiger partial charge in [0.2, 0.25) is 0 Å². The molecule has 10 heteroatoms. The second kappa shape index (κ2) is 11.8. The van der Waals surface area contributed by atoms with Crippen LogP contribution < -0.4 is 14.9 Å². The predicted octanol–water partition coefficient (Wildman–Crippen LogP) is 5.70. The number of rotatable bonds is 9. The summed E-state index contributed by atoms with van der Waals surface area (Å²) >= 11 is 5.48. The SMILES string of the molecule is CCOc1cc(/C=N\NC(=O)c2ccccc2Br)cc(I)c1OCc1ccc([N+](=O)[O-])cc1. The van der Waals surface area contributed by atoms with Crippen molar-refractivity contribution in [1.29, 1.82) is 0 Å². The molecule has 0 aromatic heterocycles. The normalized spacial score (nSPS) is 10.8. The van der Waals surface area contributed by atoms with Gasteiger partial charge in [0.15, 0.2) is 11.5 Å². The minimum absolute atomic E-state index is 0.0266. The molecule has 0 fully saturated rings. The molecule has 0 heterocycles. The maximum atomic E-state index is 12.3. The summed E-state index contributed by atoms with van der Waals surface area (Å²) in [6.07, 6.45) is 1.53. The van der Waals surface area contributed by atoms with E-state index >= 15 is 0 Å². The fourth-order valence-corrected chi connectivity index (χ4v) is 4.05. The van der Waals surface area contributed by atoms with E-state index in [9.17, 15) is 14.9 Å². The topological polar surface area (TPSA) is 103 Å². The molecule has 3 aromatic rings. The smallest absolute Gasteiger partial charge is 0.272 e. The molecule has 0 radical (unpaired) electrons. The molecule has 0 saturated carbocycles. The summed E-state index contributed by atoms with van der Waals surface area (Å²) in [5, 5.41) is 14.9. The number of nitro groups is 1. The summed E-state index contributed by atoms with van der Waals surface area (Å²) in [6, 6.07) is 16.9. The lowest BCUT2D eigenvalue weighted by atomic mass is 10.2. The van der Waals surface area contributed by atoms with Gasteiger partial charge in [0.25, 0.3) is 11.6 Å². The van der Waals surface area contributed by atoms with Crippen LogP contribution in [0.1, 0.15) is 28.4 Å². The van der Waals surface area contributed by atoms with E-state index in [2.05, 4.69) is 49.0 Å². The molecule has 0 aliphatic carbocycles. The average molecular weight is 624 g/mol. The number of ether oxygens (including phenoxy) is 2. The van der Waals surface area contributed by atoms with Gasteiger partial charge < -0.3 is 9.47 Å². The lowest BCUT2D eigenvalue weighted by Crippen LogP contribution is -2.18. The van der Waals surface area contributed by atoms with Crippen LogP contribution in [0.15, 0.2) is 70.2 Å². The molecule has 3 aromatic carbocycles. The third-order valence-electron chi connectivity index (χ3n) is 4.36. The molecule has 0 unspecified atom stereocenters. The van der Waals surface area contributed by atoms with Crippen LogP contribution in [-0.2, 0) is 6.61 Å². The molecule has 0 saturated heterocycles. The predicted molar refractivity (Wildman–Crippen MR) is 137 cm³/mol. The molecular formula is C23H19BrIN3O5. The van der Waals surface area contributed by atoms with Gasteiger partial charge in [0.05, 0.1) is 26.9 Å². The van der Waals surface area contributed by atoms with Crippen LogP contribution in [0.25, 0.3) is 0 Å². The summed E-state index contributed by atoms with van der Waals surface area (Å²) in [6.45, 7) is 2.53. The molecular weight excluding hydrogens is 605 g/mol. The third kappa shape index (κ3) is 6.75. The highest BCUT2D eigenvalue weighted by molar-refractivity contribution is 14.1. The highest BCUT2D eigenvalue weighted by Gasteiger charge is 2.13. The maximum absolute atomic E-state index is 12.3. The van der Waals surface area contributed by atoms with Gasteiger partial charge in [-0.05, 0) is 93.0 Å². The molecule has 0 aliphatic heterocycles. The number of nitrogens with zero attached hydrogens (tertiary/aromatic N) is 2. The quantitative estimate of drug-likeness (QED) is 0.142. The van der Waals surface area contributed by atoms with Crippen LogP contribution in [0.3, 0.4) is 0 Å². The van der Waals surface area contributed by atoms with Crippen molar-refractivity contribution in [3.05, 3.63) is 95.5 Å². The van der Waals surface area contributed by atoms with Gasteiger partial charge in [0, 0.05) is 16.6 Å². The number of nitrogens with one attached hydrogen (secondary N) is 1. The van der Waals surface area contributed by atoms with Gasteiger partial charge in [-0.15, -0.1) is 0 Å². The van der Waals surface area contributed by atoms with Crippen LogP contribution in [0.2, 0.25) is 0 Å². The number of non-ortho nitro benzene ring substituents is 1. The van der Waals surface area contributed by atoms with Gasteiger partial charge in [-0.25, -0.2) is 5.43 Å². The van der Waals surface area contributed by atoms with Crippen molar-refractivity contribution in [1.82, 2.24) is 5.43 Å². The van der Waals surface area contributed by atoms with E-state index in [1.807, 2.05) is 19.1 Å². The molecule has 170 valence electrons. The molecule has 0 aliphatic rings. The third-order valence-corrected chi connectivity index (χ3v) is 5.85. The molecule has 1 N–H and O–H groups in total. The first kappa shape index (κ1) is 24.6. The van der Waals surface area contributed by atoms with E-state index in [1.54, 1.807) is 36.4 Å². The zero-order chi connectivity index (χ0) is 23.8. The van der Waals surface area contributed by atoms with Gasteiger partial charge in [-0.1, -0.05) is 12.1 Å².